The molecule has 0 fully saturated rings. The van der Waals surface area contributed by atoms with Gasteiger partial charge in [0.25, 0.3) is 0 Å². The standard InChI is InChI=1S/C17H15ClN2O5.2H3N/c18-11-5-3-4-10(8-11)9-19-13-7-2-1-6-12(13)15(21)20(19)14(16(22)23)17(24)25;;/h1-8,14-15,21H,9H2,(H,22,23)(H,24,25);2*1H3. The summed E-state index contributed by atoms with van der Waals surface area (Å²) < 4.78 is 0. The number of hydrogen-bond acceptors (Lipinski definition) is 7. The molecule has 2 aromatic rings. The molecule has 9 N–H and O–H groups in total. The first-order valence-electron chi connectivity index (χ1n) is 7.43. The zero-order valence-corrected chi connectivity index (χ0v) is 15.1. The van der Waals surface area contributed by atoms with Crippen molar-refractivity contribution in [1.29, 1.82) is 0 Å². The van der Waals surface area contributed by atoms with Crippen LogP contribution in [0.1, 0.15) is 17.4 Å². The summed E-state index contributed by atoms with van der Waals surface area (Å²) in [6, 6.07) is 11.8. The summed E-state index contributed by atoms with van der Waals surface area (Å²) in [5.41, 5.74) is 1.73. The van der Waals surface area contributed by atoms with E-state index < -0.39 is 24.2 Å². The lowest BCUT2D eigenvalue weighted by molar-refractivity contribution is -0.163. The van der Waals surface area contributed by atoms with Gasteiger partial charge in [0.15, 0.2) is 6.23 Å². The van der Waals surface area contributed by atoms with E-state index in [2.05, 4.69) is 0 Å². The quantitative estimate of drug-likeness (QED) is 0.475. The highest BCUT2D eigenvalue weighted by Gasteiger charge is 2.46. The summed E-state index contributed by atoms with van der Waals surface area (Å²) in [4.78, 5) is 23.0. The van der Waals surface area contributed by atoms with Crippen molar-refractivity contribution in [2.75, 3.05) is 5.01 Å². The van der Waals surface area contributed by atoms with Crippen molar-refractivity contribution in [3.8, 4) is 0 Å². The maximum Gasteiger partial charge on any atom is 0.334 e. The number of hydrazine groups is 1. The lowest BCUT2D eigenvalue weighted by Gasteiger charge is -2.34. The fourth-order valence-corrected chi connectivity index (χ4v) is 3.14. The van der Waals surface area contributed by atoms with Crippen molar-refractivity contribution in [3.63, 3.8) is 0 Å². The molecule has 0 aromatic heterocycles. The highest BCUT2D eigenvalue weighted by Crippen LogP contribution is 2.40. The van der Waals surface area contributed by atoms with Gasteiger partial charge in [0.05, 0.1) is 12.2 Å². The summed E-state index contributed by atoms with van der Waals surface area (Å²) in [5.74, 6) is -3.12. The van der Waals surface area contributed by atoms with Gasteiger partial charge in [0.1, 0.15) is 0 Å². The summed E-state index contributed by atoms with van der Waals surface area (Å²) in [6.07, 6.45) is -1.38. The minimum atomic E-state index is -1.93. The van der Waals surface area contributed by atoms with Crippen LogP contribution in [-0.2, 0) is 16.1 Å². The molecule has 0 spiro atoms. The zero-order valence-electron chi connectivity index (χ0n) is 14.3. The molecule has 0 saturated carbocycles. The highest BCUT2D eigenvalue weighted by molar-refractivity contribution is 6.30. The van der Waals surface area contributed by atoms with Crippen molar-refractivity contribution in [2.45, 2.75) is 18.8 Å². The van der Waals surface area contributed by atoms with E-state index >= 15 is 0 Å². The van der Waals surface area contributed by atoms with E-state index in [-0.39, 0.29) is 18.8 Å². The maximum atomic E-state index is 11.5. The molecule has 3 rings (SSSR count). The summed E-state index contributed by atoms with van der Waals surface area (Å²) in [7, 11) is 0. The van der Waals surface area contributed by atoms with E-state index in [9.17, 15) is 24.9 Å². The highest BCUT2D eigenvalue weighted by atomic mass is 35.5. The number of aliphatic carboxylic acids is 2. The second-order valence-corrected chi connectivity index (χ2v) is 6.02. The van der Waals surface area contributed by atoms with E-state index in [1.54, 1.807) is 48.5 Å². The van der Waals surface area contributed by atoms with Gasteiger partial charge in [0.2, 0.25) is 6.04 Å². The number of carbonyl (C=O) groups is 2. The minimum Gasteiger partial charge on any atom is -0.480 e. The number of rotatable bonds is 5. The molecule has 1 heterocycles. The van der Waals surface area contributed by atoms with E-state index in [0.717, 1.165) is 10.6 Å². The van der Waals surface area contributed by atoms with Crippen molar-refractivity contribution < 1.29 is 24.9 Å². The molecule has 1 aliphatic heterocycles. The SMILES string of the molecule is N.N.O=C(O)C(C(=O)O)N1C(O)c2ccccc2N1Cc1cccc(Cl)c1. The number of halogens is 1. The molecule has 0 aliphatic carbocycles. The first kappa shape index (κ1) is 22.4. The Morgan fingerprint density at radius 1 is 1.04 bits per heavy atom. The molecule has 0 amide bonds. The van der Waals surface area contributed by atoms with Gasteiger partial charge in [-0.05, 0) is 23.8 Å². The number of carboxylic acids is 2. The molecule has 0 saturated heterocycles. The number of carboxylic acid groups (broad SMARTS) is 2. The molecule has 2 aromatic carbocycles. The van der Waals surface area contributed by atoms with E-state index in [1.807, 2.05) is 0 Å². The Kier molecular flexibility index (Phi) is 7.28. The lowest BCUT2D eigenvalue weighted by Crippen LogP contribution is -2.53. The van der Waals surface area contributed by atoms with Crippen LogP contribution in [0, 0.1) is 0 Å². The van der Waals surface area contributed by atoms with Gasteiger partial charge in [-0.1, -0.05) is 41.9 Å². The average Bonchev–Trinajstić information content (AvgIpc) is 2.81. The Morgan fingerprint density at radius 2 is 1.67 bits per heavy atom. The molecule has 1 atom stereocenters. The Labute approximate surface area is 160 Å². The molecule has 1 unspecified atom stereocenters. The third kappa shape index (κ3) is 4.18. The molecule has 146 valence electrons. The maximum absolute atomic E-state index is 11.5. The van der Waals surface area contributed by atoms with Crippen LogP contribution in [0.4, 0.5) is 5.69 Å². The smallest absolute Gasteiger partial charge is 0.334 e. The summed E-state index contributed by atoms with van der Waals surface area (Å²) in [6.45, 7) is 0.158. The average molecular weight is 397 g/mol. The van der Waals surface area contributed by atoms with Crippen LogP contribution in [0.5, 0.6) is 0 Å². The predicted molar refractivity (Wildman–Crippen MR) is 100.0 cm³/mol. The fraction of sp³-hybridized carbons (Fsp3) is 0.176. The number of aliphatic hydroxyl groups is 1. The number of fused-ring (bicyclic) bond motifs is 1. The topological polar surface area (TPSA) is 171 Å². The van der Waals surface area contributed by atoms with Crippen LogP contribution >= 0.6 is 11.6 Å². The van der Waals surface area contributed by atoms with Gasteiger partial charge < -0.3 is 27.6 Å². The normalized spacial score (nSPS) is 15.7. The number of anilines is 1. The van der Waals surface area contributed by atoms with Crippen LogP contribution in [0.3, 0.4) is 0 Å². The zero-order chi connectivity index (χ0) is 18.1. The third-order valence-corrected chi connectivity index (χ3v) is 4.21. The van der Waals surface area contributed by atoms with Crippen LogP contribution in [0.15, 0.2) is 48.5 Å². The van der Waals surface area contributed by atoms with Gasteiger partial charge in [-0.3, -0.25) is 5.01 Å². The second-order valence-electron chi connectivity index (χ2n) is 5.58. The Hall–Kier alpha value is -2.69. The van der Waals surface area contributed by atoms with Crippen molar-refractivity contribution in [3.05, 3.63) is 64.7 Å². The van der Waals surface area contributed by atoms with Gasteiger partial charge in [-0.25, -0.2) is 9.59 Å². The van der Waals surface area contributed by atoms with E-state index in [4.69, 9.17) is 11.6 Å². The molecule has 10 heteroatoms. The molecular weight excluding hydrogens is 376 g/mol. The number of aliphatic hydroxyl groups excluding tert-OH is 1. The monoisotopic (exact) mass is 396 g/mol. The molecular formula is C17H21ClN4O5. The lowest BCUT2D eigenvalue weighted by atomic mass is 10.1. The van der Waals surface area contributed by atoms with Crippen LogP contribution < -0.4 is 17.3 Å². The first-order valence-corrected chi connectivity index (χ1v) is 7.81. The molecule has 0 bridgehead atoms. The number of hydrogen-bond donors (Lipinski definition) is 5. The third-order valence-electron chi connectivity index (χ3n) is 3.98. The van der Waals surface area contributed by atoms with E-state index in [0.29, 0.717) is 16.3 Å². The van der Waals surface area contributed by atoms with Gasteiger partial charge in [0, 0.05) is 10.6 Å². The largest absolute Gasteiger partial charge is 0.480 e. The van der Waals surface area contributed by atoms with Crippen LogP contribution in [0.2, 0.25) is 5.02 Å². The summed E-state index contributed by atoms with van der Waals surface area (Å²) >= 11 is 5.99. The van der Waals surface area contributed by atoms with Crippen molar-refractivity contribution in [2.24, 2.45) is 0 Å². The number of para-hydroxylation sites is 1. The van der Waals surface area contributed by atoms with Crippen molar-refractivity contribution >= 4 is 29.2 Å². The predicted octanol–water partition coefficient (Wildman–Crippen LogP) is 2.43. The Balaban J connectivity index is 0.00000182. The summed E-state index contributed by atoms with van der Waals surface area (Å²) in [5, 5.41) is 32.2. The van der Waals surface area contributed by atoms with Gasteiger partial charge in [-0.15, -0.1) is 0 Å². The number of nitrogens with zero attached hydrogens (tertiary/aromatic N) is 2. The molecule has 0 radical (unpaired) electrons. The molecule has 9 nitrogen and oxygen atoms in total. The molecule has 1 aliphatic rings. The number of benzene rings is 2. The fourth-order valence-electron chi connectivity index (χ4n) is 2.93. The molecule has 27 heavy (non-hydrogen) atoms. The minimum absolute atomic E-state index is 0. The first-order chi connectivity index (χ1) is 11.9. The van der Waals surface area contributed by atoms with E-state index in [1.165, 1.54) is 5.01 Å². The van der Waals surface area contributed by atoms with Crippen LogP contribution in [0.25, 0.3) is 0 Å². The Bertz CT molecular complexity index is 820. The second kappa shape index (κ2) is 8.80. The van der Waals surface area contributed by atoms with Crippen molar-refractivity contribution in [1.82, 2.24) is 17.3 Å². The van der Waals surface area contributed by atoms with Gasteiger partial charge in [-0.2, -0.15) is 5.01 Å². The van der Waals surface area contributed by atoms with Gasteiger partial charge >= 0.3 is 11.9 Å². The van der Waals surface area contributed by atoms with Crippen LogP contribution in [-0.4, -0.2) is 38.3 Å². The Morgan fingerprint density at radius 3 is 2.26 bits per heavy atom.